The zero-order chi connectivity index (χ0) is 17.8. The quantitative estimate of drug-likeness (QED) is 0.609. The number of primary amides is 1. The third-order valence-electron chi connectivity index (χ3n) is 3.67. The molecule has 2 amide bonds. The van der Waals surface area contributed by atoms with Crippen molar-refractivity contribution in [1.82, 2.24) is 15.3 Å². The fourth-order valence-electron chi connectivity index (χ4n) is 2.52. The molecule has 1 aromatic carbocycles. The standard InChI is InChI=1S/C17H15BrN4O3/c18-11-3-4-14-12(6-11)13(8-21-14)15(9-25-17(19)24)22-16(23)10-2-1-5-20-7-10/h1-8,15,21H,9H2,(H2,19,24)(H,22,23). The summed E-state index contributed by atoms with van der Waals surface area (Å²) in [6.45, 7) is -0.0825. The molecule has 2 heterocycles. The van der Waals surface area contributed by atoms with Gasteiger partial charge in [0.2, 0.25) is 0 Å². The monoisotopic (exact) mass is 402 g/mol. The van der Waals surface area contributed by atoms with E-state index in [1.807, 2.05) is 18.2 Å². The number of hydrogen-bond acceptors (Lipinski definition) is 4. The fourth-order valence-corrected chi connectivity index (χ4v) is 2.88. The van der Waals surface area contributed by atoms with Gasteiger partial charge < -0.3 is 20.8 Å². The molecule has 0 saturated heterocycles. The highest BCUT2D eigenvalue weighted by atomic mass is 79.9. The maximum absolute atomic E-state index is 12.5. The lowest BCUT2D eigenvalue weighted by Gasteiger charge is -2.18. The smallest absolute Gasteiger partial charge is 0.404 e. The molecule has 7 nitrogen and oxygen atoms in total. The molecule has 0 bridgehead atoms. The number of amides is 2. The Morgan fingerprint density at radius 2 is 2.20 bits per heavy atom. The Hall–Kier alpha value is -2.87. The SMILES string of the molecule is NC(=O)OCC(NC(=O)c1cccnc1)c1c[nH]c2ccc(Br)cc12. The highest BCUT2D eigenvalue weighted by Crippen LogP contribution is 2.27. The van der Waals surface area contributed by atoms with Crippen LogP contribution in [-0.2, 0) is 4.74 Å². The number of carbonyl (C=O) groups excluding carboxylic acids is 2. The average molecular weight is 403 g/mol. The topological polar surface area (TPSA) is 110 Å². The van der Waals surface area contributed by atoms with Gasteiger partial charge in [-0.1, -0.05) is 15.9 Å². The molecular weight excluding hydrogens is 388 g/mol. The zero-order valence-corrected chi connectivity index (χ0v) is 14.6. The van der Waals surface area contributed by atoms with Crippen LogP contribution >= 0.6 is 15.9 Å². The van der Waals surface area contributed by atoms with E-state index in [2.05, 4.69) is 31.2 Å². The van der Waals surface area contributed by atoms with Crippen LogP contribution in [0.15, 0.2) is 53.4 Å². The van der Waals surface area contributed by atoms with Crippen molar-refractivity contribution < 1.29 is 14.3 Å². The number of nitrogens with two attached hydrogens (primary N) is 1. The molecule has 0 aliphatic rings. The second-order valence-corrected chi connectivity index (χ2v) is 6.25. The number of hydrogen-bond donors (Lipinski definition) is 3. The van der Waals surface area contributed by atoms with Gasteiger partial charge in [0.05, 0.1) is 11.6 Å². The van der Waals surface area contributed by atoms with Gasteiger partial charge in [-0.05, 0) is 30.3 Å². The molecule has 8 heteroatoms. The number of nitrogens with zero attached hydrogens (tertiary/aromatic N) is 1. The Morgan fingerprint density at radius 3 is 2.92 bits per heavy atom. The number of aromatic nitrogens is 2. The average Bonchev–Trinajstić information content (AvgIpc) is 3.02. The van der Waals surface area contributed by atoms with Crippen molar-refractivity contribution in [3.05, 3.63) is 64.5 Å². The van der Waals surface area contributed by atoms with Gasteiger partial charge in [-0.25, -0.2) is 4.79 Å². The first-order valence-corrected chi connectivity index (χ1v) is 8.23. The maximum atomic E-state index is 12.5. The van der Waals surface area contributed by atoms with E-state index < -0.39 is 12.1 Å². The molecule has 0 fully saturated rings. The summed E-state index contributed by atoms with van der Waals surface area (Å²) in [6, 6.07) is 8.51. The number of rotatable bonds is 5. The summed E-state index contributed by atoms with van der Waals surface area (Å²) >= 11 is 3.44. The molecule has 0 radical (unpaired) electrons. The van der Waals surface area contributed by atoms with Gasteiger partial charge >= 0.3 is 6.09 Å². The van der Waals surface area contributed by atoms with Crippen LogP contribution in [0.5, 0.6) is 0 Å². The summed E-state index contributed by atoms with van der Waals surface area (Å²) in [5.41, 5.74) is 7.17. The summed E-state index contributed by atoms with van der Waals surface area (Å²) in [6.07, 6.45) is 3.92. The van der Waals surface area contributed by atoms with E-state index in [9.17, 15) is 9.59 Å². The summed E-state index contributed by atoms with van der Waals surface area (Å²) in [5, 5.41) is 3.76. The van der Waals surface area contributed by atoms with Crippen molar-refractivity contribution in [3.63, 3.8) is 0 Å². The summed E-state index contributed by atoms with van der Waals surface area (Å²) in [4.78, 5) is 30.5. The number of ether oxygens (including phenoxy) is 1. The lowest BCUT2D eigenvalue weighted by molar-refractivity contribution is 0.0899. The molecule has 1 unspecified atom stereocenters. The van der Waals surface area contributed by atoms with Crippen molar-refractivity contribution in [2.75, 3.05) is 6.61 Å². The van der Waals surface area contributed by atoms with Crippen molar-refractivity contribution in [3.8, 4) is 0 Å². The minimum absolute atomic E-state index is 0.0825. The number of H-pyrrole nitrogens is 1. The number of carbonyl (C=O) groups is 2. The molecule has 25 heavy (non-hydrogen) atoms. The maximum Gasteiger partial charge on any atom is 0.404 e. The number of fused-ring (bicyclic) bond motifs is 1. The Balaban J connectivity index is 1.92. The van der Waals surface area contributed by atoms with Gasteiger partial charge in [0.15, 0.2) is 0 Å². The normalized spacial score (nSPS) is 11.9. The molecule has 0 spiro atoms. The van der Waals surface area contributed by atoms with Gasteiger partial charge in [-0.2, -0.15) is 0 Å². The molecule has 1 atom stereocenters. The number of halogens is 1. The van der Waals surface area contributed by atoms with Crippen LogP contribution in [0.4, 0.5) is 4.79 Å². The molecule has 4 N–H and O–H groups in total. The van der Waals surface area contributed by atoms with Crippen LogP contribution in [-0.4, -0.2) is 28.6 Å². The van der Waals surface area contributed by atoms with Gasteiger partial charge in [-0.15, -0.1) is 0 Å². The third kappa shape index (κ3) is 3.97. The van der Waals surface area contributed by atoms with Crippen molar-refractivity contribution in [2.45, 2.75) is 6.04 Å². The minimum Gasteiger partial charge on any atom is -0.447 e. The van der Waals surface area contributed by atoms with Crippen molar-refractivity contribution in [2.24, 2.45) is 5.73 Å². The van der Waals surface area contributed by atoms with Crippen LogP contribution in [0, 0.1) is 0 Å². The van der Waals surface area contributed by atoms with Crippen molar-refractivity contribution >= 4 is 38.8 Å². The molecule has 3 rings (SSSR count). The first kappa shape index (κ1) is 17.0. The lowest BCUT2D eigenvalue weighted by Crippen LogP contribution is -2.33. The Morgan fingerprint density at radius 1 is 1.36 bits per heavy atom. The summed E-state index contributed by atoms with van der Waals surface area (Å²) in [5.74, 6) is -0.324. The Labute approximate surface area is 151 Å². The van der Waals surface area contributed by atoms with E-state index in [0.717, 1.165) is 20.9 Å². The second-order valence-electron chi connectivity index (χ2n) is 5.33. The van der Waals surface area contributed by atoms with Crippen molar-refractivity contribution in [1.29, 1.82) is 0 Å². The van der Waals surface area contributed by atoms with E-state index in [1.165, 1.54) is 6.20 Å². The molecular formula is C17H15BrN4O3. The molecule has 0 saturated carbocycles. The van der Waals surface area contributed by atoms with Crippen LogP contribution in [0.3, 0.4) is 0 Å². The first-order chi connectivity index (χ1) is 12.0. The van der Waals surface area contributed by atoms with Crippen LogP contribution in [0.2, 0.25) is 0 Å². The number of pyridine rings is 1. The predicted molar refractivity (Wildman–Crippen MR) is 96.0 cm³/mol. The first-order valence-electron chi connectivity index (χ1n) is 7.44. The van der Waals surface area contributed by atoms with E-state index in [4.69, 9.17) is 10.5 Å². The summed E-state index contributed by atoms with van der Waals surface area (Å²) in [7, 11) is 0. The van der Waals surface area contributed by atoms with Crippen LogP contribution < -0.4 is 11.1 Å². The number of aromatic amines is 1. The minimum atomic E-state index is -0.901. The van der Waals surface area contributed by atoms with Crippen LogP contribution in [0.25, 0.3) is 10.9 Å². The van der Waals surface area contributed by atoms with E-state index in [0.29, 0.717) is 5.56 Å². The number of nitrogens with one attached hydrogen (secondary N) is 2. The zero-order valence-electron chi connectivity index (χ0n) is 13.0. The lowest BCUT2D eigenvalue weighted by atomic mass is 10.1. The van der Waals surface area contributed by atoms with E-state index in [1.54, 1.807) is 24.5 Å². The molecule has 0 aliphatic heterocycles. The van der Waals surface area contributed by atoms with Gasteiger partial charge in [0.25, 0.3) is 5.91 Å². The van der Waals surface area contributed by atoms with E-state index in [-0.39, 0.29) is 12.5 Å². The Kier molecular flexibility index (Phi) is 4.99. The molecule has 2 aromatic heterocycles. The van der Waals surface area contributed by atoms with E-state index >= 15 is 0 Å². The van der Waals surface area contributed by atoms with Gasteiger partial charge in [0, 0.05) is 39.5 Å². The molecule has 0 aliphatic carbocycles. The molecule has 3 aromatic rings. The van der Waals surface area contributed by atoms with Gasteiger partial charge in [-0.3, -0.25) is 9.78 Å². The Bertz CT molecular complexity index is 911. The van der Waals surface area contributed by atoms with Gasteiger partial charge in [0.1, 0.15) is 6.61 Å². The highest BCUT2D eigenvalue weighted by molar-refractivity contribution is 9.10. The predicted octanol–water partition coefficient (Wildman–Crippen LogP) is 2.89. The fraction of sp³-hybridized carbons (Fsp3) is 0.118. The number of benzene rings is 1. The molecule has 128 valence electrons. The third-order valence-corrected chi connectivity index (χ3v) is 4.17. The highest BCUT2D eigenvalue weighted by Gasteiger charge is 2.21. The van der Waals surface area contributed by atoms with Crippen LogP contribution in [0.1, 0.15) is 22.0 Å². The summed E-state index contributed by atoms with van der Waals surface area (Å²) < 4.78 is 5.82. The largest absolute Gasteiger partial charge is 0.447 e. The second kappa shape index (κ2) is 7.35.